The Kier molecular flexibility index (Phi) is 3.92. The molecule has 0 bridgehead atoms. The normalized spacial score (nSPS) is 11.3. The molecule has 0 saturated carbocycles. The lowest BCUT2D eigenvalue weighted by atomic mass is 10.2. The first-order valence-electron chi connectivity index (χ1n) is 6.85. The molecule has 5 heteroatoms. The van der Waals surface area contributed by atoms with Crippen molar-refractivity contribution in [3.8, 4) is 0 Å². The van der Waals surface area contributed by atoms with Gasteiger partial charge in [0.25, 0.3) is 0 Å². The van der Waals surface area contributed by atoms with Gasteiger partial charge in [0.15, 0.2) is 0 Å². The summed E-state index contributed by atoms with van der Waals surface area (Å²) in [5.41, 5.74) is 2.98. The minimum absolute atomic E-state index is 0.686. The highest BCUT2D eigenvalue weighted by Gasteiger charge is 2.01. The Hall–Kier alpha value is -2.27. The maximum absolute atomic E-state index is 4.44. The van der Waals surface area contributed by atoms with Crippen LogP contribution in [0.15, 0.2) is 58.8 Å². The molecule has 0 atom stereocenters. The van der Waals surface area contributed by atoms with Gasteiger partial charge >= 0.3 is 0 Å². The average molecular weight is 296 g/mol. The molecule has 4 nitrogen and oxygen atoms in total. The molecule has 0 unspecified atom stereocenters. The van der Waals surface area contributed by atoms with E-state index in [4.69, 9.17) is 0 Å². The van der Waals surface area contributed by atoms with Crippen LogP contribution in [0.1, 0.15) is 6.92 Å². The standard InChI is InChI=1S/C16H16N4S/c1-3-20(2)13-10-8-12(9-11-13)18-19-16-17-14-6-4-5-7-15(14)21-16/h4-11H,3H2,1-2H3. The summed E-state index contributed by atoms with van der Waals surface area (Å²) in [5.74, 6) is 0. The molecular weight excluding hydrogens is 280 g/mol. The summed E-state index contributed by atoms with van der Waals surface area (Å²) in [7, 11) is 2.07. The van der Waals surface area contributed by atoms with Gasteiger partial charge in [-0.2, -0.15) is 0 Å². The maximum atomic E-state index is 4.44. The Bertz CT molecular complexity index is 728. The van der Waals surface area contributed by atoms with Crippen LogP contribution in [-0.2, 0) is 0 Å². The first kappa shape index (κ1) is 13.7. The molecule has 21 heavy (non-hydrogen) atoms. The summed E-state index contributed by atoms with van der Waals surface area (Å²) < 4.78 is 1.13. The summed E-state index contributed by atoms with van der Waals surface area (Å²) in [4.78, 5) is 6.61. The Morgan fingerprint density at radius 2 is 1.81 bits per heavy atom. The van der Waals surface area contributed by atoms with Crippen molar-refractivity contribution in [1.82, 2.24) is 4.98 Å². The predicted octanol–water partition coefficient (Wildman–Crippen LogP) is 5.17. The lowest BCUT2D eigenvalue weighted by Crippen LogP contribution is -2.15. The van der Waals surface area contributed by atoms with Crippen LogP contribution < -0.4 is 4.90 Å². The number of aromatic nitrogens is 1. The van der Waals surface area contributed by atoms with Gasteiger partial charge in [0, 0.05) is 19.3 Å². The first-order valence-corrected chi connectivity index (χ1v) is 7.66. The number of thiazole rings is 1. The predicted molar refractivity (Wildman–Crippen MR) is 89.2 cm³/mol. The molecule has 1 heterocycles. The average Bonchev–Trinajstić information content (AvgIpc) is 2.95. The maximum Gasteiger partial charge on any atom is 0.231 e. The number of anilines is 1. The summed E-state index contributed by atoms with van der Waals surface area (Å²) in [6.45, 7) is 3.10. The smallest absolute Gasteiger partial charge is 0.231 e. The third-order valence-electron chi connectivity index (χ3n) is 3.30. The zero-order chi connectivity index (χ0) is 14.7. The van der Waals surface area contributed by atoms with Crippen molar-refractivity contribution in [3.05, 3.63) is 48.5 Å². The molecule has 0 saturated heterocycles. The second kappa shape index (κ2) is 6.01. The molecule has 0 aliphatic rings. The van der Waals surface area contributed by atoms with Crippen molar-refractivity contribution >= 4 is 38.1 Å². The minimum atomic E-state index is 0.686. The van der Waals surface area contributed by atoms with Crippen molar-refractivity contribution in [2.24, 2.45) is 10.2 Å². The van der Waals surface area contributed by atoms with Gasteiger partial charge in [-0.1, -0.05) is 23.5 Å². The molecule has 106 valence electrons. The van der Waals surface area contributed by atoms with Gasteiger partial charge in [-0.25, -0.2) is 4.98 Å². The highest BCUT2D eigenvalue weighted by molar-refractivity contribution is 7.21. The van der Waals surface area contributed by atoms with E-state index in [-0.39, 0.29) is 0 Å². The van der Waals surface area contributed by atoms with Crippen LogP contribution in [0, 0.1) is 0 Å². The number of fused-ring (bicyclic) bond motifs is 1. The molecule has 0 amide bonds. The van der Waals surface area contributed by atoms with Crippen LogP contribution in [0.5, 0.6) is 0 Å². The number of azo groups is 1. The molecular formula is C16H16N4S. The fourth-order valence-corrected chi connectivity index (χ4v) is 2.75. The van der Waals surface area contributed by atoms with Gasteiger partial charge in [-0.05, 0) is 43.3 Å². The molecule has 3 aromatic rings. The van der Waals surface area contributed by atoms with E-state index in [1.165, 1.54) is 5.69 Å². The third-order valence-corrected chi connectivity index (χ3v) is 4.22. The minimum Gasteiger partial charge on any atom is -0.375 e. The second-order valence-electron chi connectivity index (χ2n) is 4.69. The van der Waals surface area contributed by atoms with E-state index in [2.05, 4.69) is 46.2 Å². The van der Waals surface area contributed by atoms with Crippen molar-refractivity contribution in [2.45, 2.75) is 6.92 Å². The van der Waals surface area contributed by atoms with Gasteiger partial charge < -0.3 is 4.90 Å². The second-order valence-corrected chi connectivity index (χ2v) is 5.70. The molecule has 0 N–H and O–H groups in total. The fourth-order valence-electron chi connectivity index (χ4n) is 1.96. The lowest BCUT2D eigenvalue weighted by Gasteiger charge is -2.16. The van der Waals surface area contributed by atoms with Crippen LogP contribution in [-0.4, -0.2) is 18.6 Å². The highest BCUT2D eigenvalue weighted by Crippen LogP contribution is 2.29. The van der Waals surface area contributed by atoms with Gasteiger partial charge in [0.05, 0.1) is 15.9 Å². The fraction of sp³-hybridized carbons (Fsp3) is 0.188. The Labute approximate surface area is 127 Å². The number of hydrogen-bond donors (Lipinski definition) is 0. The van der Waals surface area contributed by atoms with Crippen molar-refractivity contribution in [1.29, 1.82) is 0 Å². The third kappa shape index (κ3) is 3.08. The molecule has 0 aliphatic carbocycles. The number of hydrogen-bond acceptors (Lipinski definition) is 5. The highest BCUT2D eigenvalue weighted by atomic mass is 32.1. The van der Waals surface area contributed by atoms with Crippen LogP contribution >= 0.6 is 11.3 Å². The van der Waals surface area contributed by atoms with Gasteiger partial charge in [0.1, 0.15) is 0 Å². The summed E-state index contributed by atoms with van der Waals surface area (Å²) in [5, 5.41) is 9.17. The van der Waals surface area contributed by atoms with E-state index in [0.29, 0.717) is 5.13 Å². The summed E-state index contributed by atoms with van der Waals surface area (Å²) in [6.07, 6.45) is 0. The van der Waals surface area contributed by atoms with E-state index in [9.17, 15) is 0 Å². The van der Waals surface area contributed by atoms with Crippen LogP contribution in [0.3, 0.4) is 0 Å². The Morgan fingerprint density at radius 3 is 2.52 bits per heavy atom. The van der Waals surface area contributed by atoms with E-state index < -0.39 is 0 Å². The Balaban J connectivity index is 1.79. The number of rotatable bonds is 4. The molecule has 0 spiro atoms. The van der Waals surface area contributed by atoms with Crippen LogP contribution in [0.4, 0.5) is 16.5 Å². The lowest BCUT2D eigenvalue weighted by molar-refractivity contribution is 0.968. The molecule has 1 aromatic heterocycles. The Morgan fingerprint density at radius 1 is 1.05 bits per heavy atom. The molecule has 2 aromatic carbocycles. The summed E-state index contributed by atoms with van der Waals surface area (Å²) in [6, 6.07) is 16.1. The van der Waals surface area contributed by atoms with E-state index in [1.54, 1.807) is 11.3 Å². The topological polar surface area (TPSA) is 40.9 Å². The molecule has 0 fully saturated rings. The van der Waals surface area contributed by atoms with Gasteiger partial charge in [-0.15, -0.1) is 10.2 Å². The quantitative estimate of drug-likeness (QED) is 0.623. The largest absolute Gasteiger partial charge is 0.375 e. The molecule has 3 rings (SSSR count). The molecule has 0 aliphatic heterocycles. The van der Waals surface area contributed by atoms with E-state index in [1.807, 2.05) is 36.4 Å². The monoisotopic (exact) mass is 296 g/mol. The number of nitrogens with zero attached hydrogens (tertiary/aromatic N) is 4. The number of benzene rings is 2. The van der Waals surface area contributed by atoms with Gasteiger partial charge in [0.2, 0.25) is 5.13 Å². The van der Waals surface area contributed by atoms with Gasteiger partial charge in [-0.3, -0.25) is 0 Å². The number of para-hydroxylation sites is 1. The zero-order valence-electron chi connectivity index (χ0n) is 12.0. The van der Waals surface area contributed by atoms with Crippen molar-refractivity contribution in [3.63, 3.8) is 0 Å². The van der Waals surface area contributed by atoms with Crippen LogP contribution in [0.25, 0.3) is 10.2 Å². The van der Waals surface area contributed by atoms with Crippen molar-refractivity contribution in [2.75, 3.05) is 18.5 Å². The van der Waals surface area contributed by atoms with Crippen LogP contribution in [0.2, 0.25) is 0 Å². The van der Waals surface area contributed by atoms with Crippen molar-refractivity contribution < 1.29 is 0 Å². The zero-order valence-corrected chi connectivity index (χ0v) is 12.8. The van der Waals surface area contributed by atoms with E-state index >= 15 is 0 Å². The SMILES string of the molecule is CCN(C)c1ccc(N=Nc2nc3ccccc3s2)cc1. The van der Waals surface area contributed by atoms with E-state index in [0.717, 1.165) is 22.4 Å². The first-order chi connectivity index (χ1) is 10.3. The molecule has 0 radical (unpaired) electrons. The summed E-state index contributed by atoms with van der Waals surface area (Å²) >= 11 is 1.55.